The Hall–Kier alpha value is -1.33. The average Bonchev–Trinajstić information content (AvgIpc) is 2.56. The number of benzene rings is 1. The van der Waals surface area contributed by atoms with Crippen molar-refractivity contribution in [1.82, 2.24) is 0 Å². The lowest BCUT2D eigenvalue weighted by Gasteiger charge is -2.32. The number of hydrogen-bond donors (Lipinski definition) is 1. The molecule has 22 heavy (non-hydrogen) atoms. The zero-order chi connectivity index (χ0) is 16.9. The molecular formula is C17H25BO4. The second-order valence-electron chi connectivity index (χ2n) is 7.35. The summed E-state index contributed by atoms with van der Waals surface area (Å²) in [5.74, 6) is -0.761. The van der Waals surface area contributed by atoms with Crippen molar-refractivity contribution in [2.24, 2.45) is 0 Å². The smallest absolute Gasteiger partial charge is 0.478 e. The monoisotopic (exact) mass is 304 g/mol. The summed E-state index contributed by atoms with van der Waals surface area (Å²) in [4.78, 5) is 11.6. The van der Waals surface area contributed by atoms with Crippen LogP contribution in [0.1, 0.15) is 68.9 Å². The molecule has 1 aliphatic rings. The fourth-order valence-electron chi connectivity index (χ4n) is 2.88. The highest BCUT2D eigenvalue weighted by molar-refractivity contribution is 6.62. The summed E-state index contributed by atoms with van der Waals surface area (Å²) in [5.41, 5.74) is 2.04. The predicted octanol–water partition coefficient (Wildman–Crippen LogP) is 3.12. The summed E-state index contributed by atoms with van der Waals surface area (Å²) in [6, 6.07) is 3.66. The third-order valence-electron chi connectivity index (χ3n) is 4.74. The largest absolute Gasteiger partial charge is 0.494 e. The second kappa shape index (κ2) is 5.39. The number of hydrogen-bond acceptors (Lipinski definition) is 3. The maximum absolute atomic E-state index is 11.6. The first-order valence-electron chi connectivity index (χ1n) is 7.69. The highest BCUT2D eigenvalue weighted by Crippen LogP contribution is 2.36. The quantitative estimate of drug-likeness (QED) is 0.872. The van der Waals surface area contributed by atoms with E-state index in [4.69, 9.17) is 9.31 Å². The van der Waals surface area contributed by atoms with Crippen molar-refractivity contribution in [3.8, 4) is 0 Å². The molecule has 1 aromatic rings. The first kappa shape index (κ1) is 17.0. The molecule has 4 nitrogen and oxygen atoms in total. The maximum Gasteiger partial charge on any atom is 0.494 e. The molecule has 1 saturated heterocycles. The highest BCUT2D eigenvalue weighted by atomic mass is 16.7. The van der Waals surface area contributed by atoms with Crippen LogP contribution in [-0.4, -0.2) is 29.4 Å². The molecule has 0 amide bonds. The van der Waals surface area contributed by atoms with Crippen molar-refractivity contribution in [1.29, 1.82) is 0 Å². The maximum atomic E-state index is 11.6. The molecule has 2 rings (SSSR count). The molecule has 1 aliphatic heterocycles. The fourth-order valence-corrected chi connectivity index (χ4v) is 2.88. The summed E-state index contributed by atoms with van der Waals surface area (Å²) in [7, 11) is -0.539. The van der Waals surface area contributed by atoms with E-state index in [2.05, 4.69) is 0 Å². The first-order valence-corrected chi connectivity index (χ1v) is 7.69. The molecule has 0 unspecified atom stereocenters. The lowest BCUT2D eigenvalue weighted by atomic mass is 9.75. The molecule has 0 spiro atoms. The van der Waals surface area contributed by atoms with E-state index in [-0.39, 0.29) is 5.92 Å². The molecular weight excluding hydrogens is 279 g/mol. The van der Waals surface area contributed by atoms with Gasteiger partial charge in [-0.15, -0.1) is 0 Å². The Morgan fingerprint density at radius 3 is 2.05 bits per heavy atom. The van der Waals surface area contributed by atoms with E-state index in [0.717, 1.165) is 16.6 Å². The Kier molecular flexibility index (Phi) is 4.17. The van der Waals surface area contributed by atoms with E-state index < -0.39 is 24.3 Å². The molecule has 0 aromatic heterocycles. The van der Waals surface area contributed by atoms with Crippen LogP contribution in [0.5, 0.6) is 0 Å². The van der Waals surface area contributed by atoms with Crippen LogP contribution in [-0.2, 0) is 9.31 Å². The molecule has 1 N–H and O–H groups in total. The van der Waals surface area contributed by atoms with Crippen LogP contribution in [0.15, 0.2) is 12.1 Å². The Balaban J connectivity index is 2.49. The van der Waals surface area contributed by atoms with Gasteiger partial charge in [0.15, 0.2) is 0 Å². The van der Waals surface area contributed by atoms with Crippen molar-refractivity contribution < 1.29 is 19.2 Å². The summed E-state index contributed by atoms with van der Waals surface area (Å²) in [6.45, 7) is 13.9. The third-order valence-corrected chi connectivity index (χ3v) is 4.74. The molecule has 0 saturated carbocycles. The molecule has 5 heteroatoms. The lowest BCUT2D eigenvalue weighted by Crippen LogP contribution is -2.41. The number of carbonyl (C=O) groups is 1. The Morgan fingerprint density at radius 2 is 1.64 bits per heavy atom. The standard InChI is InChI=1S/C17H25BO4/c1-10(2)14-11(3)8-12(9-13(14)15(19)20)18-21-16(4,5)17(6,7)22-18/h8-10H,1-7H3,(H,19,20). The van der Waals surface area contributed by atoms with Gasteiger partial charge in [-0.05, 0) is 63.2 Å². The normalized spacial score (nSPS) is 19.7. The summed E-state index contributed by atoms with van der Waals surface area (Å²) < 4.78 is 12.1. The van der Waals surface area contributed by atoms with Gasteiger partial charge in [0, 0.05) is 0 Å². The van der Waals surface area contributed by atoms with Gasteiger partial charge in [0.05, 0.1) is 16.8 Å². The highest BCUT2D eigenvalue weighted by Gasteiger charge is 2.51. The van der Waals surface area contributed by atoms with Crippen LogP contribution < -0.4 is 5.46 Å². The number of rotatable bonds is 3. The average molecular weight is 304 g/mol. The molecule has 0 atom stereocenters. The van der Waals surface area contributed by atoms with Gasteiger partial charge in [0.2, 0.25) is 0 Å². The van der Waals surface area contributed by atoms with Gasteiger partial charge >= 0.3 is 13.1 Å². The molecule has 0 radical (unpaired) electrons. The van der Waals surface area contributed by atoms with Gasteiger partial charge in [-0.2, -0.15) is 0 Å². The van der Waals surface area contributed by atoms with Crippen LogP contribution in [0.2, 0.25) is 0 Å². The minimum absolute atomic E-state index is 0.151. The van der Waals surface area contributed by atoms with Crippen LogP contribution in [0.3, 0.4) is 0 Å². The van der Waals surface area contributed by atoms with Gasteiger partial charge in [-0.25, -0.2) is 4.79 Å². The molecule has 0 bridgehead atoms. The molecule has 1 fully saturated rings. The Bertz CT molecular complexity index is 589. The molecule has 1 heterocycles. The van der Waals surface area contributed by atoms with Crippen LogP contribution >= 0.6 is 0 Å². The number of carboxylic acid groups (broad SMARTS) is 1. The van der Waals surface area contributed by atoms with Crippen LogP contribution in [0.25, 0.3) is 0 Å². The summed E-state index contributed by atoms with van der Waals surface area (Å²) in [5, 5.41) is 9.53. The Morgan fingerprint density at radius 1 is 1.14 bits per heavy atom. The predicted molar refractivity (Wildman–Crippen MR) is 87.9 cm³/mol. The zero-order valence-electron chi connectivity index (χ0n) is 14.5. The third kappa shape index (κ3) is 2.80. The second-order valence-corrected chi connectivity index (χ2v) is 7.35. The van der Waals surface area contributed by atoms with Crippen molar-refractivity contribution >= 4 is 18.6 Å². The fraction of sp³-hybridized carbons (Fsp3) is 0.588. The molecule has 0 aliphatic carbocycles. The lowest BCUT2D eigenvalue weighted by molar-refractivity contribution is 0.00578. The van der Waals surface area contributed by atoms with Gasteiger partial charge in [0.1, 0.15) is 0 Å². The first-order chi connectivity index (χ1) is 9.96. The number of aryl methyl sites for hydroxylation is 1. The van der Waals surface area contributed by atoms with Crippen molar-refractivity contribution in [2.75, 3.05) is 0 Å². The summed E-state index contributed by atoms with van der Waals surface area (Å²) in [6.07, 6.45) is 0. The van der Waals surface area contributed by atoms with E-state index in [1.807, 2.05) is 54.5 Å². The number of aromatic carboxylic acids is 1. The molecule has 120 valence electrons. The molecule has 1 aromatic carbocycles. The number of carboxylic acids is 1. The van der Waals surface area contributed by atoms with Crippen molar-refractivity contribution in [2.45, 2.75) is 65.6 Å². The Labute approximate surface area is 133 Å². The summed E-state index contributed by atoms with van der Waals surface area (Å²) >= 11 is 0. The van der Waals surface area contributed by atoms with Crippen molar-refractivity contribution in [3.05, 3.63) is 28.8 Å². The minimum Gasteiger partial charge on any atom is -0.478 e. The minimum atomic E-state index is -0.912. The van der Waals surface area contributed by atoms with E-state index in [1.54, 1.807) is 6.07 Å². The van der Waals surface area contributed by atoms with Gasteiger partial charge in [0.25, 0.3) is 0 Å². The zero-order valence-corrected chi connectivity index (χ0v) is 14.5. The van der Waals surface area contributed by atoms with Gasteiger partial charge in [-0.3, -0.25) is 0 Å². The van der Waals surface area contributed by atoms with Gasteiger partial charge in [-0.1, -0.05) is 19.9 Å². The SMILES string of the molecule is Cc1cc(B2OC(C)(C)C(C)(C)O2)cc(C(=O)O)c1C(C)C. The van der Waals surface area contributed by atoms with Crippen LogP contribution in [0.4, 0.5) is 0 Å². The van der Waals surface area contributed by atoms with Gasteiger partial charge < -0.3 is 14.4 Å². The van der Waals surface area contributed by atoms with E-state index in [9.17, 15) is 9.90 Å². The van der Waals surface area contributed by atoms with Crippen molar-refractivity contribution in [3.63, 3.8) is 0 Å². The topological polar surface area (TPSA) is 55.8 Å². The van der Waals surface area contributed by atoms with E-state index in [0.29, 0.717) is 5.56 Å². The van der Waals surface area contributed by atoms with E-state index in [1.165, 1.54) is 0 Å². The van der Waals surface area contributed by atoms with Crippen LogP contribution in [0, 0.1) is 6.92 Å². The van der Waals surface area contributed by atoms with E-state index >= 15 is 0 Å².